The van der Waals surface area contributed by atoms with Crippen molar-refractivity contribution in [3.05, 3.63) is 63.6 Å². The quantitative estimate of drug-likeness (QED) is 0.909. The van der Waals surface area contributed by atoms with E-state index in [9.17, 15) is 4.79 Å². The molecule has 0 bridgehead atoms. The Morgan fingerprint density at radius 1 is 1.26 bits per heavy atom. The van der Waals surface area contributed by atoms with Gasteiger partial charge in [-0.1, -0.05) is 29.3 Å². The van der Waals surface area contributed by atoms with Crippen LogP contribution in [0.5, 0.6) is 0 Å². The van der Waals surface area contributed by atoms with Crippen molar-refractivity contribution in [3.63, 3.8) is 0 Å². The molecular weight excluding hydrogens is 238 g/mol. The Morgan fingerprint density at radius 2 is 1.95 bits per heavy atom. The zero-order chi connectivity index (χ0) is 13.8. The highest BCUT2D eigenvalue weighted by atomic mass is 16.1. The van der Waals surface area contributed by atoms with E-state index in [1.54, 1.807) is 12.3 Å². The second-order valence-corrected chi connectivity index (χ2v) is 4.81. The Hall–Kier alpha value is -1.94. The van der Waals surface area contributed by atoms with Gasteiger partial charge in [-0.2, -0.15) is 5.10 Å². The number of likely N-dealkylation sites (N-methyl/N-ethyl adjacent to an activating group) is 1. The van der Waals surface area contributed by atoms with E-state index in [1.165, 1.54) is 27.4 Å². The average molecular weight is 257 g/mol. The summed E-state index contributed by atoms with van der Waals surface area (Å²) in [7, 11) is 1.90. The van der Waals surface area contributed by atoms with Gasteiger partial charge in [0.1, 0.15) is 0 Å². The van der Waals surface area contributed by atoms with Gasteiger partial charge in [0.2, 0.25) is 0 Å². The molecule has 0 aliphatic heterocycles. The largest absolute Gasteiger partial charge is 0.311 e. The van der Waals surface area contributed by atoms with Crippen LogP contribution in [0.1, 0.15) is 22.7 Å². The molecule has 2 aromatic rings. The lowest BCUT2D eigenvalue weighted by molar-refractivity contribution is 0.452. The van der Waals surface area contributed by atoms with Crippen LogP contribution in [-0.2, 0) is 6.54 Å². The molecule has 1 atom stereocenters. The van der Waals surface area contributed by atoms with Crippen molar-refractivity contribution >= 4 is 0 Å². The molecule has 4 nitrogen and oxygen atoms in total. The summed E-state index contributed by atoms with van der Waals surface area (Å²) in [6.45, 7) is 4.69. The fourth-order valence-corrected chi connectivity index (χ4v) is 2.27. The summed E-state index contributed by atoms with van der Waals surface area (Å²) in [5, 5.41) is 7.35. The third-order valence-electron chi connectivity index (χ3n) is 3.14. The van der Waals surface area contributed by atoms with Crippen molar-refractivity contribution in [1.82, 2.24) is 15.1 Å². The molecule has 0 saturated carbocycles. The first-order chi connectivity index (χ1) is 9.10. The number of rotatable bonds is 4. The van der Waals surface area contributed by atoms with Gasteiger partial charge in [-0.15, -0.1) is 0 Å². The van der Waals surface area contributed by atoms with Crippen molar-refractivity contribution in [2.75, 3.05) is 7.05 Å². The van der Waals surface area contributed by atoms with Crippen molar-refractivity contribution in [2.45, 2.75) is 26.4 Å². The molecule has 1 aromatic carbocycles. The van der Waals surface area contributed by atoms with Gasteiger partial charge in [0, 0.05) is 12.3 Å². The maximum absolute atomic E-state index is 11.7. The predicted molar refractivity (Wildman–Crippen MR) is 76.2 cm³/mol. The molecule has 2 rings (SSSR count). The minimum Gasteiger partial charge on any atom is -0.311 e. The van der Waals surface area contributed by atoms with Gasteiger partial charge in [0.15, 0.2) is 0 Å². The first-order valence-corrected chi connectivity index (χ1v) is 6.38. The molecule has 1 N–H and O–H groups in total. The number of hydrogen-bond acceptors (Lipinski definition) is 3. The molecule has 4 heteroatoms. The zero-order valence-electron chi connectivity index (χ0n) is 11.6. The van der Waals surface area contributed by atoms with Crippen molar-refractivity contribution in [3.8, 4) is 0 Å². The van der Waals surface area contributed by atoms with Crippen molar-refractivity contribution in [1.29, 1.82) is 0 Å². The molecule has 19 heavy (non-hydrogen) atoms. The van der Waals surface area contributed by atoms with E-state index >= 15 is 0 Å². The molecule has 0 amide bonds. The van der Waals surface area contributed by atoms with Gasteiger partial charge in [-0.25, -0.2) is 4.68 Å². The van der Waals surface area contributed by atoms with E-state index in [-0.39, 0.29) is 11.6 Å². The molecule has 1 aromatic heterocycles. The standard InChI is InChI=1S/C15H19N3O/c1-11-7-12(2)9-13(8-11)14(16-3)10-18-15(19)5-4-6-17-18/h4-9,14,16H,10H2,1-3H3. The fourth-order valence-electron chi connectivity index (χ4n) is 2.27. The molecule has 0 aliphatic rings. The average Bonchev–Trinajstić information content (AvgIpc) is 2.36. The highest BCUT2D eigenvalue weighted by Gasteiger charge is 2.12. The Morgan fingerprint density at radius 3 is 2.53 bits per heavy atom. The predicted octanol–water partition coefficient (Wildman–Crippen LogP) is 1.82. The normalized spacial score (nSPS) is 12.4. The SMILES string of the molecule is CNC(Cn1ncccc1=O)c1cc(C)cc(C)c1. The second-order valence-electron chi connectivity index (χ2n) is 4.81. The summed E-state index contributed by atoms with van der Waals surface area (Å²) in [6, 6.07) is 9.68. The summed E-state index contributed by atoms with van der Waals surface area (Å²) in [6.07, 6.45) is 1.63. The first-order valence-electron chi connectivity index (χ1n) is 6.38. The monoisotopic (exact) mass is 257 g/mol. The molecule has 0 saturated heterocycles. The van der Waals surface area contributed by atoms with Crippen LogP contribution in [0.4, 0.5) is 0 Å². The third-order valence-corrected chi connectivity index (χ3v) is 3.14. The number of aryl methyl sites for hydroxylation is 2. The van der Waals surface area contributed by atoms with Gasteiger partial charge < -0.3 is 5.32 Å². The summed E-state index contributed by atoms with van der Waals surface area (Å²) in [5.41, 5.74) is 3.55. The molecular formula is C15H19N3O. The van der Waals surface area contributed by atoms with E-state index in [4.69, 9.17) is 0 Å². The Labute approximate surface area is 113 Å². The Balaban J connectivity index is 2.30. The van der Waals surface area contributed by atoms with E-state index in [0.29, 0.717) is 6.54 Å². The molecule has 1 unspecified atom stereocenters. The maximum Gasteiger partial charge on any atom is 0.266 e. The van der Waals surface area contributed by atoms with E-state index in [2.05, 4.69) is 42.5 Å². The summed E-state index contributed by atoms with van der Waals surface area (Å²) < 4.78 is 1.48. The van der Waals surface area contributed by atoms with E-state index in [1.807, 2.05) is 7.05 Å². The molecule has 0 radical (unpaired) electrons. The summed E-state index contributed by atoms with van der Waals surface area (Å²) in [4.78, 5) is 11.7. The zero-order valence-corrected chi connectivity index (χ0v) is 11.6. The van der Waals surface area contributed by atoms with Gasteiger partial charge >= 0.3 is 0 Å². The van der Waals surface area contributed by atoms with Crippen LogP contribution < -0.4 is 10.9 Å². The molecule has 0 aliphatic carbocycles. The Bertz CT molecular complexity index is 599. The van der Waals surface area contributed by atoms with Gasteiger partial charge in [0.05, 0.1) is 12.6 Å². The number of benzene rings is 1. The van der Waals surface area contributed by atoms with E-state index in [0.717, 1.165) is 0 Å². The van der Waals surface area contributed by atoms with Crippen molar-refractivity contribution < 1.29 is 0 Å². The molecule has 0 fully saturated rings. The highest BCUT2D eigenvalue weighted by Crippen LogP contribution is 2.17. The number of aromatic nitrogens is 2. The summed E-state index contributed by atoms with van der Waals surface area (Å²) >= 11 is 0. The summed E-state index contributed by atoms with van der Waals surface area (Å²) in [5.74, 6) is 0. The minimum atomic E-state index is -0.0767. The van der Waals surface area contributed by atoms with Crippen LogP contribution in [0.3, 0.4) is 0 Å². The van der Waals surface area contributed by atoms with Crippen LogP contribution in [0, 0.1) is 13.8 Å². The third kappa shape index (κ3) is 3.29. The maximum atomic E-state index is 11.7. The lowest BCUT2D eigenvalue weighted by Crippen LogP contribution is -2.29. The number of nitrogens with zero attached hydrogens (tertiary/aromatic N) is 2. The second kappa shape index (κ2) is 5.80. The van der Waals surface area contributed by atoms with Crippen LogP contribution in [0.15, 0.2) is 41.3 Å². The molecule has 1 heterocycles. The number of nitrogens with one attached hydrogen (secondary N) is 1. The van der Waals surface area contributed by atoms with Gasteiger partial charge in [0.25, 0.3) is 5.56 Å². The topological polar surface area (TPSA) is 46.9 Å². The van der Waals surface area contributed by atoms with Crippen LogP contribution >= 0.6 is 0 Å². The minimum absolute atomic E-state index is 0.0752. The van der Waals surface area contributed by atoms with Crippen molar-refractivity contribution in [2.24, 2.45) is 0 Å². The van der Waals surface area contributed by atoms with Crippen LogP contribution in [-0.4, -0.2) is 16.8 Å². The molecule has 100 valence electrons. The van der Waals surface area contributed by atoms with Crippen LogP contribution in [0.25, 0.3) is 0 Å². The number of hydrogen-bond donors (Lipinski definition) is 1. The van der Waals surface area contributed by atoms with E-state index < -0.39 is 0 Å². The smallest absolute Gasteiger partial charge is 0.266 e. The van der Waals surface area contributed by atoms with Crippen LogP contribution in [0.2, 0.25) is 0 Å². The Kier molecular flexibility index (Phi) is 4.12. The first kappa shape index (κ1) is 13.5. The lowest BCUT2D eigenvalue weighted by Gasteiger charge is -2.18. The molecule has 0 spiro atoms. The van der Waals surface area contributed by atoms with Gasteiger partial charge in [-0.05, 0) is 32.5 Å². The fraction of sp³-hybridized carbons (Fsp3) is 0.333. The lowest BCUT2D eigenvalue weighted by atomic mass is 10.0. The van der Waals surface area contributed by atoms with Gasteiger partial charge in [-0.3, -0.25) is 4.79 Å². The highest BCUT2D eigenvalue weighted by molar-refractivity contribution is 5.30.